The lowest BCUT2D eigenvalue weighted by Crippen LogP contribution is -1.95. The van der Waals surface area contributed by atoms with Crippen LogP contribution in [0.2, 0.25) is 0 Å². The standard InChI is InChI=1S/C46H29N5/c1-2-11-30(12-3-1)31-20-24-33(25-21-31)42-37-15-4-7-18-40(37)48-46(50-42)36-14-10-13-35(29-36)32-22-26-34(27-23-32)43-45-44(38-16-5-6-17-39(38)47-43)49-41-19-8-9-28-51(41)45/h1-29H. The molecule has 0 radical (unpaired) electrons. The van der Waals surface area contributed by atoms with Gasteiger partial charge in [0, 0.05) is 33.7 Å². The van der Waals surface area contributed by atoms with Crippen LogP contribution in [0.3, 0.4) is 0 Å². The summed E-state index contributed by atoms with van der Waals surface area (Å²) < 4.78 is 2.14. The highest BCUT2D eigenvalue weighted by molar-refractivity contribution is 6.09. The third kappa shape index (κ3) is 5.03. The summed E-state index contributed by atoms with van der Waals surface area (Å²) in [7, 11) is 0. The Morgan fingerprint density at radius 3 is 1.71 bits per heavy atom. The van der Waals surface area contributed by atoms with E-state index in [4.69, 9.17) is 19.9 Å². The molecular weight excluding hydrogens is 623 g/mol. The van der Waals surface area contributed by atoms with Gasteiger partial charge in [-0.2, -0.15) is 0 Å². The summed E-state index contributed by atoms with van der Waals surface area (Å²) in [5.41, 5.74) is 14.2. The van der Waals surface area contributed by atoms with Gasteiger partial charge in [0.25, 0.3) is 0 Å². The molecular formula is C46H29N5. The van der Waals surface area contributed by atoms with Gasteiger partial charge in [0.15, 0.2) is 5.82 Å². The van der Waals surface area contributed by atoms with Gasteiger partial charge in [0.05, 0.1) is 27.9 Å². The van der Waals surface area contributed by atoms with Gasteiger partial charge in [0.1, 0.15) is 11.2 Å². The van der Waals surface area contributed by atoms with E-state index in [2.05, 4.69) is 132 Å². The van der Waals surface area contributed by atoms with E-state index in [1.165, 1.54) is 11.1 Å². The molecule has 10 rings (SSSR count). The second-order valence-corrected chi connectivity index (χ2v) is 12.7. The maximum atomic E-state index is 5.18. The Balaban J connectivity index is 1.03. The van der Waals surface area contributed by atoms with E-state index in [0.717, 1.165) is 77.7 Å². The minimum atomic E-state index is 0.699. The van der Waals surface area contributed by atoms with Gasteiger partial charge in [-0.15, -0.1) is 0 Å². The Hall–Kier alpha value is -6.98. The molecule has 0 bridgehead atoms. The Bertz CT molecular complexity index is 2890. The predicted molar refractivity (Wildman–Crippen MR) is 208 cm³/mol. The monoisotopic (exact) mass is 651 g/mol. The summed E-state index contributed by atoms with van der Waals surface area (Å²) in [4.78, 5) is 20.4. The largest absolute Gasteiger partial charge is 0.298 e. The van der Waals surface area contributed by atoms with E-state index in [1.807, 2.05) is 48.5 Å². The SMILES string of the molecule is c1ccc(-c2ccc(-c3nc(-c4cccc(-c5ccc(-c6nc7ccccc7c7nc8ccccn8c67)cc5)c4)nc4ccccc34)cc2)cc1. The number of aromatic nitrogens is 5. The molecule has 0 amide bonds. The molecule has 6 aromatic carbocycles. The fourth-order valence-electron chi connectivity index (χ4n) is 7.09. The lowest BCUT2D eigenvalue weighted by Gasteiger charge is -2.11. The summed E-state index contributed by atoms with van der Waals surface area (Å²) in [6.45, 7) is 0. The molecule has 0 saturated carbocycles. The van der Waals surface area contributed by atoms with Crippen LogP contribution in [0.25, 0.3) is 94.6 Å². The predicted octanol–water partition coefficient (Wildman–Crippen LogP) is 11.3. The Labute approximate surface area is 294 Å². The number of imidazole rings is 1. The van der Waals surface area contributed by atoms with Crippen LogP contribution >= 0.6 is 0 Å². The number of pyridine rings is 2. The van der Waals surface area contributed by atoms with Crippen LogP contribution < -0.4 is 0 Å². The fraction of sp³-hybridized carbons (Fsp3) is 0. The molecule has 5 heteroatoms. The average Bonchev–Trinajstić information content (AvgIpc) is 3.61. The lowest BCUT2D eigenvalue weighted by molar-refractivity contribution is 1.22. The van der Waals surface area contributed by atoms with Crippen molar-refractivity contribution in [2.75, 3.05) is 0 Å². The molecule has 0 aliphatic rings. The summed E-state index contributed by atoms with van der Waals surface area (Å²) in [5.74, 6) is 0.699. The van der Waals surface area contributed by atoms with Gasteiger partial charge in [-0.1, -0.05) is 140 Å². The molecule has 0 saturated heterocycles. The maximum Gasteiger partial charge on any atom is 0.160 e. The zero-order chi connectivity index (χ0) is 33.7. The summed E-state index contributed by atoms with van der Waals surface area (Å²) in [6.07, 6.45) is 2.06. The van der Waals surface area contributed by atoms with Crippen LogP contribution in [-0.2, 0) is 0 Å². The first-order valence-corrected chi connectivity index (χ1v) is 17.1. The van der Waals surface area contributed by atoms with Crippen LogP contribution in [0.15, 0.2) is 176 Å². The number of hydrogen-bond donors (Lipinski definition) is 0. The Morgan fingerprint density at radius 2 is 0.922 bits per heavy atom. The molecule has 0 atom stereocenters. The van der Waals surface area contributed by atoms with E-state index in [0.29, 0.717) is 5.82 Å². The van der Waals surface area contributed by atoms with Gasteiger partial charge >= 0.3 is 0 Å². The van der Waals surface area contributed by atoms with Crippen molar-refractivity contribution in [3.63, 3.8) is 0 Å². The highest BCUT2D eigenvalue weighted by atomic mass is 15.0. The minimum absolute atomic E-state index is 0.699. The highest BCUT2D eigenvalue weighted by Gasteiger charge is 2.17. The van der Waals surface area contributed by atoms with Crippen LogP contribution in [0.1, 0.15) is 0 Å². The zero-order valence-electron chi connectivity index (χ0n) is 27.5. The van der Waals surface area contributed by atoms with Crippen molar-refractivity contribution in [2.24, 2.45) is 0 Å². The number of para-hydroxylation sites is 2. The van der Waals surface area contributed by atoms with Crippen molar-refractivity contribution in [2.45, 2.75) is 0 Å². The van der Waals surface area contributed by atoms with Gasteiger partial charge in [0.2, 0.25) is 0 Å². The molecule has 0 N–H and O–H groups in total. The second-order valence-electron chi connectivity index (χ2n) is 12.7. The normalized spacial score (nSPS) is 11.5. The third-order valence-electron chi connectivity index (χ3n) is 9.63. The summed E-state index contributed by atoms with van der Waals surface area (Å²) >= 11 is 0. The molecule has 238 valence electrons. The molecule has 0 unspecified atom stereocenters. The third-order valence-corrected chi connectivity index (χ3v) is 9.63. The Kier molecular flexibility index (Phi) is 6.74. The van der Waals surface area contributed by atoms with E-state index < -0.39 is 0 Å². The van der Waals surface area contributed by atoms with Crippen molar-refractivity contribution in [3.05, 3.63) is 176 Å². The molecule has 0 fully saturated rings. The van der Waals surface area contributed by atoms with Gasteiger partial charge in [-0.3, -0.25) is 4.40 Å². The summed E-state index contributed by atoms with van der Waals surface area (Å²) in [5, 5.41) is 2.08. The van der Waals surface area contributed by atoms with E-state index in [1.54, 1.807) is 0 Å². The molecule has 5 nitrogen and oxygen atoms in total. The summed E-state index contributed by atoms with van der Waals surface area (Å²) in [6, 6.07) is 58.8. The molecule has 10 aromatic rings. The Morgan fingerprint density at radius 1 is 0.353 bits per heavy atom. The van der Waals surface area contributed by atoms with E-state index in [9.17, 15) is 0 Å². The van der Waals surface area contributed by atoms with Crippen molar-refractivity contribution >= 4 is 38.5 Å². The highest BCUT2D eigenvalue weighted by Crippen LogP contribution is 2.35. The second kappa shape index (κ2) is 11.9. The minimum Gasteiger partial charge on any atom is -0.298 e. The van der Waals surface area contributed by atoms with Crippen LogP contribution in [-0.4, -0.2) is 24.3 Å². The number of rotatable bonds is 5. The van der Waals surface area contributed by atoms with Gasteiger partial charge < -0.3 is 0 Å². The van der Waals surface area contributed by atoms with Crippen LogP contribution in [0, 0.1) is 0 Å². The van der Waals surface area contributed by atoms with Crippen molar-refractivity contribution < 1.29 is 0 Å². The van der Waals surface area contributed by atoms with Crippen molar-refractivity contribution in [1.82, 2.24) is 24.3 Å². The number of hydrogen-bond acceptors (Lipinski definition) is 4. The number of benzene rings is 6. The number of nitrogens with zero attached hydrogens (tertiary/aromatic N) is 5. The molecule has 4 heterocycles. The quantitative estimate of drug-likeness (QED) is 0.186. The topological polar surface area (TPSA) is 56.0 Å². The first kappa shape index (κ1) is 29.0. The maximum absolute atomic E-state index is 5.18. The zero-order valence-corrected chi connectivity index (χ0v) is 27.5. The van der Waals surface area contributed by atoms with Gasteiger partial charge in [-0.05, 0) is 52.6 Å². The lowest BCUT2D eigenvalue weighted by atomic mass is 9.99. The molecule has 0 aliphatic carbocycles. The first-order valence-electron chi connectivity index (χ1n) is 17.1. The molecule has 0 spiro atoms. The first-order chi connectivity index (χ1) is 25.3. The fourth-order valence-corrected chi connectivity index (χ4v) is 7.09. The van der Waals surface area contributed by atoms with E-state index >= 15 is 0 Å². The van der Waals surface area contributed by atoms with Crippen LogP contribution in [0.4, 0.5) is 0 Å². The smallest absolute Gasteiger partial charge is 0.160 e. The van der Waals surface area contributed by atoms with Crippen molar-refractivity contribution in [1.29, 1.82) is 0 Å². The molecule has 4 aromatic heterocycles. The van der Waals surface area contributed by atoms with E-state index in [-0.39, 0.29) is 0 Å². The number of fused-ring (bicyclic) bond motifs is 6. The molecule has 0 aliphatic heterocycles. The van der Waals surface area contributed by atoms with Crippen LogP contribution in [0.5, 0.6) is 0 Å². The molecule has 51 heavy (non-hydrogen) atoms. The van der Waals surface area contributed by atoms with Crippen molar-refractivity contribution in [3.8, 4) is 56.2 Å². The average molecular weight is 652 g/mol. The van der Waals surface area contributed by atoms with Gasteiger partial charge in [-0.25, -0.2) is 19.9 Å².